The molecule has 2 aromatic rings. The number of nitrogens with one attached hydrogen (secondary N) is 2. The molecular formula is C21H21Cl2N3O5. The third-order valence-electron chi connectivity index (χ3n) is 5.16. The van der Waals surface area contributed by atoms with Crippen LogP contribution in [0.25, 0.3) is 0 Å². The van der Waals surface area contributed by atoms with E-state index in [1.807, 2.05) is 0 Å². The van der Waals surface area contributed by atoms with Crippen molar-refractivity contribution in [3.05, 3.63) is 52.0 Å². The monoisotopic (exact) mass is 465 g/mol. The van der Waals surface area contributed by atoms with E-state index in [-0.39, 0.29) is 15.7 Å². The van der Waals surface area contributed by atoms with Gasteiger partial charge in [-0.1, -0.05) is 35.3 Å². The van der Waals surface area contributed by atoms with Crippen LogP contribution in [0, 0.1) is 0 Å². The summed E-state index contributed by atoms with van der Waals surface area (Å²) in [5.41, 5.74) is -0.629. The van der Waals surface area contributed by atoms with Crippen molar-refractivity contribution < 1.29 is 23.9 Å². The molecule has 31 heavy (non-hydrogen) atoms. The van der Waals surface area contributed by atoms with Crippen molar-refractivity contribution in [3.8, 4) is 11.5 Å². The zero-order chi connectivity index (χ0) is 22.9. The topological polar surface area (TPSA) is 97.0 Å². The SMILES string of the molecule is COc1ccc([C@@]2(C)NC(=O)N([C@@H](C)C(=O)Nc3cccc(Cl)c3Cl)C2=O)cc1OC. The first kappa shape index (κ1) is 22.7. The van der Waals surface area contributed by atoms with Crippen molar-refractivity contribution in [2.75, 3.05) is 19.5 Å². The summed E-state index contributed by atoms with van der Waals surface area (Å²) in [7, 11) is 2.97. The minimum atomic E-state index is -1.39. The predicted octanol–water partition coefficient (Wildman–Crippen LogP) is 3.80. The standard InChI is InChI=1S/C21H21Cl2N3O5/c1-11(18(27)24-14-7-5-6-13(22)17(14)23)26-19(28)21(2,25-20(26)29)12-8-9-15(30-3)16(10-12)31-4/h5-11H,1-4H3,(H,24,27)(H,25,29)/t11-,21+/m0/s1. The van der Waals surface area contributed by atoms with E-state index in [1.54, 1.807) is 43.3 Å². The summed E-state index contributed by atoms with van der Waals surface area (Å²) in [4.78, 5) is 39.6. The van der Waals surface area contributed by atoms with Gasteiger partial charge < -0.3 is 20.1 Å². The molecule has 1 fully saturated rings. The molecule has 1 aliphatic rings. The van der Waals surface area contributed by atoms with Crippen molar-refractivity contribution in [1.29, 1.82) is 0 Å². The fraction of sp³-hybridized carbons (Fsp3) is 0.286. The van der Waals surface area contributed by atoms with Crippen molar-refractivity contribution >= 4 is 46.7 Å². The van der Waals surface area contributed by atoms with Crippen LogP contribution in [0.4, 0.5) is 10.5 Å². The average molecular weight is 466 g/mol. The minimum Gasteiger partial charge on any atom is -0.493 e. The number of rotatable bonds is 6. The number of amides is 4. The number of urea groups is 1. The Morgan fingerprint density at radius 1 is 1.13 bits per heavy atom. The molecule has 2 atom stereocenters. The number of nitrogens with zero attached hydrogens (tertiary/aromatic N) is 1. The van der Waals surface area contributed by atoms with E-state index in [4.69, 9.17) is 32.7 Å². The van der Waals surface area contributed by atoms with Gasteiger partial charge in [-0.2, -0.15) is 0 Å². The number of halogens is 2. The van der Waals surface area contributed by atoms with E-state index in [2.05, 4.69) is 10.6 Å². The summed E-state index contributed by atoms with van der Waals surface area (Å²) in [6, 6.07) is 7.87. The summed E-state index contributed by atoms with van der Waals surface area (Å²) in [6.07, 6.45) is 0. The number of imide groups is 1. The Kier molecular flexibility index (Phi) is 6.33. The summed E-state index contributed by atoms with van der Waals surface area (Å²) < 4.78 is 10.5. The number of ether oxygens (including phenoxy) is 2. The molecule has 2 aromatic carbocycles. The first-order chi connectivity index (χ1) is 14.6. The fourth-order valence-electron chi connectivity index (χ4n) is 3.31. The highest BCUT2D eigenvalue weighted by Crippen LogP contribution is 2.36. The molecule has 10 heteroatoms. The molecule has 3 rings (SSSR count). The van der Waals surface area contributed by atoms with E-state index in [1.165, 1.54) is 21.1 Å². The third-order valence-corrected chi connectivity index (χ3v) is 5.98. The van der Waals surface area contributed by atoms with Gasteiger partial charge >= 0.3 is 6.03 Å². The Morgan fingerprint density at radius 3 is 2.45 bits per heavy atom. The average Bonchev–Trinajstić information content (AvgIpc) is 2.99. The van der Waals surface area contributed by atoms with Crippen LogP contribution < -0.4 is 20.1 Å². The van der Waals surface area contributed by atoms with Crippen LogP contribution in [0.5, 0.6) is 11.5 Å². The zero-order valence-corrected chi connectivity index (χ0v) is 18.8. The minimum absolute atomic E-state index is 0.164. The Labute approximate surface area is 189 Å². The number of anilines is 1. The summed E-state index contributed by atoms with van der Waals surface area (Å²) in [5, 5.41) is 5.70. The van der Waals surface area contributed by atoms with Crippen LogP contribution in [0.2, 0.25) is 10.0 Å². The second-order valence-electron chi connectivity index (χ2n) is 7.07. The molecule has 0 radical (unpaired) electrons. The normalized spacial score (nSPS) is 19.1. The van der Waals surface area contributed by atoms with E-state index in [9.17, 15) is 14.4 Å². The van der Waals surface area contributed by atoms with E-state index < -0.39 is 29.4 Å². The zero-order valence-electron chi connectivity index (χ0n) is 17.3. The Bertz CT molecular complexity index is 1060. The molecule has 0 aliphatic carbocycles. The van der Waals surface area contributed by atoms with Crippen LogP contribution in [0.3, 0.4) is 0 Å². The lowest BCUT2D eigenvalue weighted by Crippen LogP contribution is -2.47. The van der Waals surface area contributed by atoms with Gasteiger partial charge in [-0.15, -0.1) is 0 Å². The summed E-state index contributed by atoms with van der Waals surface area (Å²) in [5.74, 6) is -0.286. The fourth-order valence-corrected chi connectivity index (χ4v) is 3.66. The highest BCUT2D eigenvalue weighted by molar-refractivity contribution is 6.44. The van der Waals surface area contributed by atoms with Crippen LogP contribution >= 0.6 is 23.2 Å². The van der Waals surface area contributed by atoms with Gasteiger partial charge in [0.2, 0.25) is 5.91 Å². The molecule has 1 saturated heterocycles. The number of methoxy groups -OCH3 is 2. The van der Waals surface area contributed by atoms with Gasteiger partial charge in [0.25, 0.3) is 5.91 Å². The maximum Gasteiger partial charge on any atom is 0.326 e. The lowest BCUT2D eigenvalue weighted by molar-refractivity contribution is -0.136. The molecule has 8 nitrogen and oxygen atoms in total. The van der Waals surface area contributed by atoms with Gasteiger partial charge in [-0.3, -0.25) is 9.59 Å². The van der Waals surface area contributed by atoms with Gasteiger partial charge in [-0.05, 0) is 43.7 Å². The first-order valence-electron chi connectivity index (χ1n) is 9.27. The molecule has 2 N–H and O–H groups in total. The first-order valence-corrected chi connectivity index (χ1v) is 10.0. The lowest BCUT2D eigenvalue weighted by Gasteiger charge is -2.25. The van der Waals surface area contributed by atoms with Crippen LogP contribution in [-0.2, 0) is 15.1 Å². The Morgan fingerprint density at radius 2 is 1.81 bits per heavy atom. The molecule has 0 unspecified atom stereocenters. The molecule has 0 spiro atoms. The predicted molar refractivity (Wildman–Crippen MR) is 117 cm³/mol. The highest BCUT2D eigenvalue weighted by Gasteiger charge is 2.52. The molecule has 0 saturated carbocycles. The quantitative estimate of drug-likeness (QED) is 0.632. The summed E-state index contributed by atoms with van der Waals surface area (Å²) >= 11 is 12.1. The van der Waals surface area contributed by atoms with E-state index in [0.29, 0.717) is 17.1 Å². The van der Waals surface area contributed by atoms with Crippen molar-refractivity contribution in [1.82, 2.24) is 10.2 Å². The van der Waals surface area contributed by atoms with Crippen LogP contribution in [0.15, 0.2) is 36.4 Å². The van der Waals surface area contributed by atoms with E-state index >= 15 is 0 Å². The number of hydrogen-bond donors (Lipinski definition) is 2. The van der Waals surface area contributed by atoms with Crippen molar-refractivity contribution in [2.45, 2.75) is 25.4 Å². The smallest absolute Gasteiger partial charge is 0.326 e. The van der Waals surface area contributed by atoms with Gasteiger partial charge in [-0.25, -0.2) is 9.69 Å². The molecule has 0 bridgehead atoms. The molecule has 4 amide bonds. The molecular weight excluding hydrogens is 445 g/mol. The molecule has 1 heterocycles. The van der Waals surface area contributed by atoms with Crippen molar-refractivity contribution in [3.63, 3.8) is 0 Å². The number of hydrogen-bond acceptors (Lipinski definition) is 5. The van der Waals surface area contributed by atoms with Crippen LogP contribution in [0.1, 0.15) is 19.4 Å². The van der Waals surface area contributed by atoms with E-state index in [0.717, 1.165) is 4.90 Å². The number of carbonyl (C=O) groups is 3. The molecule has 164 valence electrons. The van der Waals surface area contributed by atoms with Gasteiger partial charge in [0, 0.05) is 0 Å². The maximum absolute atomic E-state index is 13.3. The van der Waals surface area contributed by atoms with Gasteiger partial charge in [0.15, 0.2) is 11.5 Å². The molecule has 1 aliphatic heterocycles. The highest BCUT2D eigenvalue weighted by atomic mass is 35.5. The van der Waals surface area contributed by atoms with Crippen LogP contribution in [-0.4, -0.2) is 43.0 Å². The number of benzene rings is 2. The second kappa shape index (κ2) is 8.64. The lowest BCUT2D eigenvalue weighted by atomic mass is 9.91. The Balaban J connectivity index is 1.87. The number of carbonyl (C=O) groups excluding carboxylic acids is 3. The summed E-state index contributed by atoms with van der Waals surface area (Å²) in [6.45, 7) is 3.01. The third kappa shape index (κ3) is 4.00. The largest absolute Gasteiger partial charge is 0.493 e. The van der Waals surface area contributed by atoms with Gasteiger partial charge in [0.1, 0.15) is 11.6 Å². The maximum atomic E-state index is 13.3. The van der Waals surface area contributed by atoms with Crippen molar-refractivity contribution in [2.24, 2.45) is 0 Å². The molecule has 0 aromatic heterocycles. The Hall–Kier alpha value is -2.97. The second-order valence-corrected chi connectivity index (χ2v) is 7.85. The van der Waals surface area contributed by atoms with Gasteiger partial charge in [0.05, 0.1) is 30.0 Å².